The van der Waals surface area contributed by atoms with E-state index in [-0.39, 0.29) is 28.1 Å². The van der Waals surface area contributed by atoms with Crippen molar-refractivity contribution >= 4 is 27.3 Å². The van der Waals surface area contributed by atoms with Crippen molar-refractivity contribution in [2.24, 2.45) is 0 Å². The van der Waals surface area contributed by atoms with Gasteiger partial charge in [-0.2, -0.15) is 4.98 Å². The number of thioether (sulfide) groups is 1. The zero-order valence-electron chi connectivity index (χ0n) is 17.8. The van der Waals surface area contributed by atoms with E-state index < -0.39 is 14.8 Å². The maximum atomic E-state index is 11.9. The summed E-state index contributed by atoms with van der Waals surface area (Å²) >= 11 is 1.81. The number of hydrogen-bond donors (Lipinski definition) is 0. The van der Waals surface area contributed by atoms with Crippen LogP contribution in [0.3, 0.4) is 0 Å². The molecule has 11 heteroatoms. The van der Waals surface area contributed by atoms with E-state index in [2.05, 4.69) is 15.0 Å². The third-order valence-corrected chi connectivity index (χ3v) is 7.96. The highest BCUT2D eigenvalue weighted by molar-refractivity contribution is 8.00. The van der Waals surface area contributed by atoms with Crippen molar-refractivity contribution in [1.29, 1.82) is 0 Å². The van der Waals surface area contributed by atoms with E-state index in [1.807, 2.05) is 12.1 Å². The summed E-state index contributed by atoms with van der Waals surface area (Å²) in [6, 6.07) is 9.64. The van der Waals surface area contributed by atoms with Crippen LogP contribution in [0.5, 0.6) is 11.6 Å². The number of benzene rings is 1. The van der Waals surface area contributed by atoms with Crippen molar-refractivity contribution in [3.05, 3.63) is 70.9 Å². The van der Waals surface area contributed by atoms with E-state index >= 15 is 0 Å². The number of aromatic nitrogens is 3. The molecule has 1 fully saturated rings. The fourth-order valence-corrected chi connectivity index (χ4v) is 5.65. The molecule has 0 spiro atoms. The van der Waals surface area contributed by atoms with Gasteiger partial charge < -0.3 is 4.74 Å². The second kappa shape index (κ2) is 9.84. The summed E-state index contributed by atoms with van der Waals surface area (Å²) in [4.78, 5) is 25.0. The molecule has 0 radical (unpaired) electrons. The molecule has 2 aromatic heterocycles. The van der Waals surface area contributed by atoms with Gasteiger partial charge in [-0.1, -0.05) is 0 Å². The Labute approximate surface area is 195 Å². The molecule has 0 unspecified atom stereocenters. The van der Waals surface area contributed by atoms with Gasteiger partial charge >= 0.3 is 11.6 Å². The average Bonchev–Trinajstić information content (AvgIpc) is 2.80. The smallest absolute Gasteiger partial charge is 0.352 e. The number of rotatable bonds is 7. The third-order valence-electron chi connectivity index (χ3n) is 5.48. The minimum absolute atomic E-state index is 0.0577. The Morgan fingerprint density at radius 3 is 2.30 bits per heavy atom. The number of nitrogens with zero attached hydrogens (tertiary/aromatic N) is 4. The minimum atomic E-state index is -3.35. The van der Waals surface area contributed by atoms with Crippen molar-refractivity contribution in [3.8, 4) is 11.6 Å². The molecule has 4 rings (SSSR count). The molecule has 0 amide bonds. The van der Waals surface area contributed by atoms with Crippen molar-refractivity contribution in [2.45, 2.75) is 46.6 Å². The largest absolute Gasteiger partial charge is 0.434 e. The highest BCUT2D eigenvalue weighted by Crippen LogP contribution is 2.43. The van der Waals surface area contributed by atoms with Crippen LogP contribution in [0.25, 0.3) is 0 Å². The molecule has 1 saturated carbocycles. The molecule has 3 aromatic rings. The predicted molar refractivity (Wildman–Crippen MR) is 123 cm³/mol. The van der Waals surface area contributed by atoms with Crippen molar-refractivity contribution in [2.75, 3.05) is 6.26 Å². The van der Waals surface area contributed by atoms with E-state index in [1.165, 1.54) is 35.5 Å². The Morgan fingerprint density at radius 2 is 1.70 bits per heavy atom. The monoisotopic (exact) mass is 486 g/mol. The van der Waals surface area contributed by atoms with Gasteiger partial charge in [0.1, 0.15) is 17.8 Å². The molecule has 9 nitrogen and oxygen atoms in total. The molecule has 2 heterocycles. The lowest BCUT2D eigenvalue weighted by Gasteiger charge is -2.27. The molecular weight excluding hydrogens is 464 g/mol. The molecule has 0 aliphatic heterocycles. The first-order chi connectivity index (χ1) is 15.8. The van der Waals surface area contributed by atoms with Gasteiger partial charge in [-0.05, 0) is 62.1 Å². The number of pyridine rings is 1. The van der Waals surface area contributed by atoms with E-state index in [1.54, 1.807) is 24.2 Å². The van der Waals surface area contributed by atoms with Crippen LogP contribution < -0.4 is 4.74 Å². The number of hydrogen-bond acceptors (Lipinski definition) is 9. The summed E-state index contributed by atoms with van der Waals surface area (Å²) in [7, 11) is -3.35. The van der Waals surface area contributed by atoms with Gasteiger partial charge in [0.25, 0.3) is 0 Å². The first-order valence-corrected chi connectivity index (χ1v) is 13.1. The van der Waals surface area contributed by atoms with E-state index in [0.717, 1.165) is 31.9 Å². The maximum Gasteiger partial charge on any atom is 0.352 e. The molecule has 0 N–H and O–H groups in total. The molecule has 0 saturated heterocycles. The Kier molecular flexibility index (Phi) is 6.89. The van der Waals surface area contributed by atoms with Gasteiger partial charge in [0.2, 0.25) is 0 Å². The molecule has 1 aliphatic rings. The minimum Gasteiger partial charge on any atom is -0.434 e. The molecule has 33 heavy (non-hydrogen) atoms. The molecule has 0 bridgehead atoms. The van der Waals surface area contributed by atoms with E-state index in [4.69, 9.17) is 4.74 Å². The zero-order chi connectivity index (χ0) is 23.4. The van der Waals surface area contributed by atoms with Crippen molar-refractivity contribution in [3.63, 3.8) is 0 Å². The summed E-state index contributed by atoms with van der Waals surface area (Å²) in [6.45, 7) is 0. The topological polar surface area (TPSA) is 125 Å². The van der Waals surface area contributed by atoms with Gasteiger partial charge in [-0.15, -0.1) is 11.8 Å². The first kappa shape index (κ1) is 23.1. The van der Waals surface area contributed by atoms with Crippen LogP contribution in [0.1, 0.15) is 37.3 Å². The van der Waals surface area contributed by atoms with Gasteiger partial charge in [-0.3, -0.25) is 15.1 Å². The van der Waals surface area contributed by atoms with Crippen LogP contribution in [0, 0.1) is 10.1 Å². The van der Waals surface area contributed by atoms with Crippen LogP contribution in [-0.4, -0.2) is 39.8 Å². The number of ether oxygens (including phenoxy) is 1. The molecule has 0 atom stereocenters. The Bertz CT molecular complexity index is 1230. The first-order valence-electron chi connectivity index (χ1n) is 10.3. The third kappa shape index (κ3) is 5.66. The number of sulfone groups is 1. The summed E-state index contributed by atoms with van der Waals surface area (Å²) in [5.41, 5.74) is 0.139. The van der Waals surface area contributed by atoms with Crippen LogP contribution >= 0.6 is 11.8 Å². The lowest BCUT2D eigenvalue weighted by molar-refractivity contribution is -0.387. The lowest BCUT2D eigenvalue weighted by Crippen LogP contribution is -2.17. The predicted octanol–water partition coefficient (Wildman–Crippen LogP) is 4.79. The van der Waals surface area contributed by atoms with Crippen LogP contribution in [0.15, 0.2) is 64.9 Å². The summed E-state index contributed by atoms with van der Waals surface area (Å²) in [5.74, 6) is 0.0515. The van der Waals surface area contributed by atoms with Gasteiger partial charge in [-0.25, -0.2) is 13.4 Å². The molecule has 172 valence electrons. The summed E-state index contributed by atoms with van der Waals surface area (Å²) in [6.07, 6.45) is 9.33. The highest BCUT2D eigenvalue weighted by Gasteiger charge is 2.33. The maximum absolute atomic E-state index is 11.9. The Hall–Kier alpha value is -3.05. The fourth-order valence-electron chi connectivity index (χ4n) is 3.85. The van der Waals surface area contributed by atoms with E-state index in [9.17, 15) is 18.5 Å². The van der Waals surface area contributed by atoms with E-state index in [0.29, 0.717) is 10.9 Å². The molecular formula is C22H22N4O5S2. The molecule has 1 aromatic carbocycles. The summed E-state index contributed by atoms with van der Waals surface area (Å²) < 4.78 is 28.9. The van der Waals surface area contributed by atoms with Crippen LogP contribution in [0.2, 0.25) is 0 Å². The number of nitro groups is 1. The quantitative estimate of drug-likeness (QED) is 0.342. The standard InChI is InChI=1S/C22H22N4O5S2/c1-33(29,30)19-8-4-16(5-9-19)31-22-21(26(27)28)20(24-14-25-22)15-2-6-17(7-3-15)32-18-10-12-23-13-11-18/h4-5,8-15,17H,2-3,6-7H2,1H3. The summed E-state index contributed by atoms with van der Waals surface area (Å²) in [5, 5.41) is 12.4. The zero-order valence-corrected chi connectivity index (χ0v) is 19.5. The van der Waals surface area contributed by atoms with Crippen molar-refractivity contribution in [1.82, 2.24) is 15.0 Å². The fraction of sp³-hybridized carbons (Fsp3) is 0.318. The Balaban J connectivity index is 1.50. The normalized spacial score (nSPS) is 18.6. The second-order valence-electron chi connectivity index (χ2n) is 7.79. The van der Waals surface area contributed by atoms with Crippen LogP contribution in [-0.2, 0) is 9.84 Å². The molecule has 1 aliphatic carbocycles. The Morgan fingerprint density at radius 1 is 1.03 bits per heavy atom. The van der Waals surface area contributed by atoms with Gasteiger partial charge in [0, 0.05) is 34.7 Å². The SMILES string of the molecule is CS(=O)(=O)c1ccc(Oc2ncnc(C3CCC(Sc4ccncc4)CC3)c2[N+](=O)[O-])cc1. The van der Waals surface area contributed by atoms with Crippen molar-refractivity contribution < 1.29 is 18.1 Å². The second-order valence-corrected chi connectivity index (χ2v) is 11.2. The lowest BCUT2D eigenvalue weighted by atomic mass is 9.86. The van der Waals surface area contributed by atoms with Crippen LogP contribution in [0.4, 0.5) is 5.69 Å². The van der Waals surface area contributed by atoms with Gasteiger partial charge in [0.15, 0.2) is 9.84 Å². The highest BCUT2D eigenvalue weighted by atomic mass is 32.2. The van der Waals surface area contributed by atoms with Gasteiger partial charge in [0.05, 0.1) is 9.82 Å². The average molecular weight is 487 g/mol.